The first-order chi connectivity index (χ1) is 32.8. The van der Waals surface area contributed by atoms with E-state index in [-0.39, 0.29) is 30.6 Å². The Bertz CT molecular complexity index is 2890. The summed E-state index contributed by atoms with van der Waals surface area (Å²) in [5.74, 6) is -1.54. The van der Waals surface area contributed by atoms with Crippen molar-refractivity contribution >= 4 is 31.4 Å². The molecule has 4 aromatic carbocycles. The number of rotatable bonds is 19. The fourth-order valence-corrected chi connectivity index (χ4v) is 9.52. The summed E-state index contributed by atoms with van der Waals surface area (Å²) in [6.07, 6.45) is -1.10. The number of nitrogens with zero attached hydrogens (tertiary/aromatic N) is 9. The number of halogens is 4. The average molecular weight is 974 g/mol. The molecule has 0 spiro atoms. The summed E-state index contributed by atoms with van der Waals surface area (Å²) in [5, 5.41) is 14.8. The molecule has 1 aliphatic rings. The Balaban J connectivity index is 0.000000220. The predicted octanol–water partition coefficient (Wildman–Crippen LogP) is 8.42. The molecule has 8 rings (SSSR count). The molecular weight excluding hydrogens is 927 g/mol. The second-order valence-corrected chi connectivity index (χ2v) is 19.2. The van der Waals surface area contributed by atoms with E-state index in [2.05, 4.69) is 41.8 Å². The van der Waals surface area contributed by atoms with Gasteiger partial charge in [-0.2, -0.15) is 17.6 Å². The Morgan fingerprint density at radius 2 is 1.01 bits per heavy atom. The molecule has 0 bridgehead atoms. The number of hydrogen-bond donors (Lipinski definition) is 0. The van der Waals surface area contributed by atoms with Gasteiger partial charge in [-0.05, 0) is 83.8 Å². The van der Waals surface area contributed by atoms with Crippen LogP contribution in [0.5, 0.6) is 0 Å². The minimum absolute atomic E-state index is 0.00458. The average Bonchev–Trinajstić information content (AvgIpc) is 4.08. The van der Waals surface area contributed by atoms with Crippen molar-refractivity contribution in [3.05, 3.63) is 174 Å². The minimum Gasteiger partial charge on any atom is -0.415 e. The van der Waals surface area contributed by atoms with E-state index in [1.54, 1.807) is 91.0 Å². The van der Waals surface area contributed by atoms with Gasteiger partial charge in [0.15, 0.2) is 0 Å². The van der Waals surface area contributed by atoms with Gasteiger partial charge in [-0.25, -0.2) is 16.8 Å². The molecule has 0 aliphatic carbocycles. The molecule has 0 N–H and O–H groups in total. The summed E-state index contributed by atoms with van der Waals surface area (Å²) >= 11 is 0. The molecule has 1 fully saturated rings. The first-order valence-electron chi connectivity index (χ1n) is 21.3. The van der Waals surface area contributed by atoms with E-state index in [0.717, 1.165) is 50.1 Å². The molecule has 0 unspecified atom stereocenters. The van der Waals surface area contributed by atoms with Crippen molar-refractivity contribution in [1.82, 2.24) is 35.2 Å². The Kier molecular flexibility index (Phi) is 16.5. The summed E-state index contributed by atoms with van der Waals surface area (Å²) < 4.78 is 115. The van der Waals surface area contributed by atoms with Crippen LogP contribution in [0.25, 0.3) is 22.9 Å². The van der Waals surface area contributed by atoms with E-state index >= 15 is 0 Å². The number of sulfonamides is 2. The monoisotopic (exact) mass is 973 g/mol. The highest BCUT2D eigenvalue weighted by atomic mass is 32.2. The van der Waals surface area contributed by atoms with Gasteiger partial charge in [-0.15, -0.1) is 20.4 Å². The molecule has 0 radical (unpaired) electrons. The van der Waals surface area contributed by atoms with Crippen molar-refractivity contribution < 1.29 is 43.2 Å². The van der Waals surface area contributed by atoms with Crippen LogP contribution in [0.3, 0.4) is 0 Å². The molecule has 1 saturated heterocycles. The summed E-state index contributed by atoms with van der Waals surface area (Å²) in [7, 11) is -7.36. The van der Waals surface area contributed by atoms with Crippen LogP contribution < -0.4 is 8.61 Å². The van der Waals surface area contributed by atoms with Crippen LogP contribution in [0.4, 0.5) is 28.9 Å². The second kappa shape index (κ2) is 22.8. The van der Waals surface area contributed by atoms with Crippen LogP contribution in [0, 0.1) is 0 Å². The Labute approximate surface area is 391 Å². The largest absolute Gasteiger partial charge is 0.415 e. The molecule has 3 aromatic heterocycles. The Morgan fingerprint density at radius 1 is 0.574 bits per heavy atom. The third-order valence-electron chi connectivity index (χ3n) is 10.8. The van der Waals surface area contributed by atoms with Gasteiger partial charge in [0.05, 0.1) is 30.2 Å². The molecule has 21 heteroatoms. The fourth-order valence-electron chi connectivity index (χ4n) is 7.10. The lowest BCUT2D eigenvalue weighted by molar-refractivity contribution is 0.115. The number of hydrogen-bond acceptors (Lipinski definition) is 13. The maximum atomic E-state index is 13.6. The highest BCUT2D eigenvalue weighted by Crippen LogP contribution is 2.28. The Morgan fingerprint density at radius 3 is 1.46 bits per heavy atom. The molecule has 1 aliphatic heterocycles. The van der Waals surface area contributed by atoms with E-state index in [4.69, 9.17) is 8.83 Å². The third-order valence-corrected chi connectivity index (χ3v) is 13.9. The highest BCUT2D eigenvalue weighted by molar-refractivity contribution is 7.95. The smallest absolute Gasteiger partial charge is 0.314 e. The van der Waals surface area contributed by atoms with Crippen LogP contribution in [0.15, 0.2) is 155 Å². The number of anilines is 2. The number of benzene rings is 4. The number of para-hydroxylation sites is 2. The van der Waals surface area contributed by atoms with Crippen LogP contribution >= 0.6 is 0 Å². The zero-order chi connectivity index (χ0) is 48.1. The van der Waals surface area contributed by atoms with E-state index in [1.165, 1.54) is 14.2 Å². The lowest BCUT2D eigenvalue weighted by Crippen LogP contribution is -2.48. The van der Waals surface area contributed by atoms with Crippen LogP contribution in [-0.2, 0) is 39.6 Å². The first kappa shape index (κ1) is 49.1. The van der Waals surface area contributed by atoms with Gasteiger partial charge in [0, 0.05) is 68.2 Å². The quantitative estimate of drug-likeness (QED) is 0.0708. The topological polar surface area (TPSA) is 172 Å². The van der Waals surface area contributed by atoms with E-state index < -0.39 is 44.7 Å². The molecule has 0 amide bonds. The standard InChI is InChI=1S/C29H32F2N6O3S.C18H15F2N3O3S/c30-27(31)29-34-33-28(40-29)25-8-6-24(7-9-25)22-37(26-4-2-1-3-5-26)41(38,39)21-20-36-18-16-35(17-19-36)15-12-23-10-13-32-14-11-23;1-2-27(24,25)23(15-6-4-3-5-7-15)12-13-8-10-14(11-9-13)17-21-22-18(26-17)16(19)20/h1-11,13-14,27H,12,15-22H2;2-11,16H,1,12H2. The summed E-state index contributed by atoms with van der Waals surface area (Å²) in [5.41, 5.74) is 4.69. The van der Waals surface area contributed by atoms with E-state index in [1.807, 2.05) is 42.7 Å². The fraction of sp³-hybridized carbons (Fsp3) is 0.255. The lowest BCUT2D eigenvalue weighted by atomic mass is 10.1. The third kappa shape index (κ3) is 13.2. The van der Waals surface area contributed by atoms with Gasteiger partial charge in [-0.3, -0.25) is 18.5 Å². The van der Waals surface area contributed by atoms with Gasteiger partial charge in [0.25, 0.3) is 21.8 Å². The lowest BCUT2D eigenvalue weighted by Gasteiger charge is -2.35. The molecular formula is C47H47F4N9O6S2. The second-order valence-electron chi connectivity index (χ2n) is 15.4. The summed E-state index contributed by atoms with van der Waals surface area (Å²) in [6, 6.07) is 35.0. The molecule has 0 saturated carbocycles. The van der Waals surface area contributed by atoms with Gasteiger partial charge < -0.3 is 13.7 Å². The molecule has 68 heavy (non-hydrogen) atoms. The van der Waals surface area contributed by atoms with Crippen molar-refractivity contribution in [2.24, 2.45) is 0 Å². The highest BCUT2D eigenvalue weighted by Gasteiger charge is 2.26. The van der Waals surface area contributed by atoms with Crippen LogP contribution in [0.1, 0.15) is 41.3 Å². The van der Waals surface area contributed by atoms with Gasteiger partial charge in [0.2, 0.25) is 21.8 Å². The number of pyridine rings is 1. The minimum atomic E-state index is -3.71. The summed E-state index contributed by atoms with van der Waals surface area (Å²) in [4.78, 5) is 8.68. The number of aromatic nitrogens is 5. The number of piperazine rings is 1. The zero-order valence-corrected chi connectivity index (χ0v) is 38.1. The van der Waals surface area contributed by atoms with Crippen molar-refractivity contribution in [3.8, 4) is 22.9 Å². The maximum Gasteiger partial charge on any atom is 0.314 e. The van der Waals surface area contributed by atoms with Gasteiger partial charge in [-0.1, -0.05) is 67.2 Å². The predicted molar refractivity (Wildman–Crippen MR) is 248 cm³/mol. The molecule has 0 atom stereocenters. The van der Waals surface area contributed by atoms with Crippen LogP contribution in [0.2, 0.25) is 0 Å². The first-order valence-corrected chi connectivity index (χ1v) is 24.4. The van der Waals surface area contributed by atoms with Gasteiger partial charge in [0.1, 0.15) is 0 Å². The van der Waals surface area contributed by atoms with Crippen molar-refractivity contribution in [1.29, 1.82) is 0 Å². The molecule has 15 nitrogen and oxygen atoms in total. The van der Waals surface area contributed by atoms with Crippen molar-refractivity contribution in [2.45, 2.75) is 32.4 Å². The molecule has 356 valence electrons. The summed E-state index contributed by atoms with van der Waals surface area (Å²) in [6.45, 7) is 8.44. The zero-order valence-electron chi connectivity index (χ0n) is 36.5. The van der Waals surface area contributed by atoms with Crippen molar-refractivity contribution in [2.75, 3.05) is 53.6 Å². The van der Waals surface area contributed by atoms with Crippen LogP contribution in [-0.4, -0.2) is 97.0 Å². The number of alkyl halides is 4. The molecule has 7 aromatic rings. The van der Waals surface area contributed by atoms with E-state index in [0.29, 0.717) is 34.6 Å². The maximum absolute atomic E-state index is 13.6. The van der Waals surface area contributed by atoms with Crippen molar-refractivity contribution in [3.63, 3.8) is 0 Å². The normalized spacial score (nSPS) is 13.6. The SMILES string of the molecule is C=CS(=O)(=O)N(Cc1ccc(-c2nnc(C(F)F)o2)cc1)c1ccccc1.O=S(=O)(CCN1CCN(CCc2ccncc2)CC1)N(Cc1ccc(-c2nnc(C(F)F)o2)cc1)c1ccccc1. The Hall–Kier alpha value is -6.81. The van der Waals surface area contributed by atoms with Gasteiger partial charge >= 0.3 is 12.9 Å². The molecule has 4 heterocycles. The van der Waals surface area contributed by atoms with E-state index in [9.17, 15) is 34.4 Å².